The number of rotatable bonds is 7. The quantitative estimate of drug-likeness (QED) is 0.418. The summed E-state index contributed by atoms with van der Waals surface area (Å²) in [5.41, 5.74) is 3.90. The van der Waals surface area contributed by atoms with Crippen LogP contribution in [-0.2, 0) is 20.0 Å². The Labute approximate surface area is 209 Å². The van der Waals surface area contributed by atoms with E-state index in [1.54, 1.807) is 55.5 Å². The van der Waals surface area contributed by atoms with E-state index >= 15 is 0 Å². The van der Waals surface area contributed by atoms with Gasteiger partial charge in [0, 0.05) is 25.6 Å². The van der Waals surface area contributed by atoms with E-state index in [4.69, 9.17) is 0 Å². The molecule has 1 atom stereocenters. The Morgan fingerprint density at radius 3 is 2.14 bits per heavy atom. The van der Waals surface area contributed by atoms with Crippen molar-refractivity contribution in [3.63, 3.8) is 0 Å². The van der Waals surface area contributed by atoms with Crippen molar-refractivity contribution in [1.82, 2.24) is 8.61 Å². The minimum Gasteiger partial charge on any atom is -0.207 e. The lowest BCUT2D eigenvalue weighted by Gasteiger charge is -2.25. The molecule has 0 aromatic heterocycles. The molecule has 0 bridgehead atoms. The number of nitrogens with zero attached hydrogens (tertiary/aromatic N) is 2. The summed E-state index contributed by atoms with van der Waals surface area (Å²) in [6.07, 6.45) is 4.63. The maximum absolute atomic E-state index is 13.5. The molecule has 6 nitrogen and oxygen atoms in total. The first-order valence-corrected chi connectivity index (χ1v) is 14.4. The van der Waals surface area contributed by atoms with Gasteiger partial charge < -0.3 is 0 Å². The molecule has 0 N–H and O–H groups in total. The molecule has 0 saturated carbocycles. The highest BCUT2D eigenvalue weighted by Crippen LogP contribution is 2.35. The summed E-state index contributed by atoms with van der Waals surface area (Å²) in [5, 5.41) is 0. The number of hydrogen-bond donors (Lipinski definition) is 0. The van der Waals surface area contributed by atoms with Crippen molar-refractivity contribution in [2.24, 2.45) is 5.92 Å². The third-order valence-corrected chi connectivity index (χ3v) is 10.1. The number of benzene rings is 2. The Kier molecular flexibility index (Phi) is 7.34. The van der Waals surface area contributed by atoms with Crippen LogP contribution in [0.25, 0.3) is 0 Å². The lowest BCUT2D eigenvalue weighted by atomic mass is 9.90. The molecule has 1 saturated heterocycles. The van der Waals surface area contributed by atoms with Crippen LogP contribution in [0.2, 0.25) is 0 Å². The summed E-state index contributed by atoms with van der Waals surface area (Å²) in [7, 11) is -7.41. The molecule has 8 heteroatoms. The molecule has 184 valence electrons. The topological polar surface area (TPSA) is 74.8 Å². The van der Waals surface area contributed by atoms with E-state index in [0.717, 1.165) is 22.3 Å². The van der Waals surface area contributed by atoms with Gasteiger partial charge in [-0.1, -0.05) is 59.0 Å². The largest absolute Gasteiger partial charge is 0.244 e. The van der Waals surface area contributed by atoms with Gasteiger partial charge in [-0.15, -0.1) is 5.92 Å². The second-order valence-electron chi connectivity index (χ2n) is 8.99. The fraction of sp³-hybridized carbons (Fsp3) is 0.333. The van der Waals surface area contributed by atoms with E-state index in [1.165, 1.54) is 8.61 Å². The van der Waals surface area contributed by atoms with Crippen LogP contribution in [0.5, 0.6) is 0 Å². The van der Waals surface area contributed by atoms with Gasteiger partial charge in [-0.05, 0) is 57.0 Å². The molecule has 0 spiro atoms. The third-order valence-electron chi connectivity index (χ3n) is 6.50. The first-order valence-electron chi connectivity index (χ1n) is 11.5. The second-order valence-corrected chi connectivity index (χ2v) is 12.9. The summed E-state index contributed by atoms with van der Waals surface area (Å²) >= 11 is 0. The van der Waals surface area contributed by atoms with Gasteiger partial charge in [0.2, 0.25) is 20.0 Å². The van der Waals surface area contributed by atoms with Crippen LogP contribution in [0.1, 0.15) is 24.5 Å². The molecule has 0 amide bonds. The van der Waals surface area contributed by atoms with Gasteiger partial charge >= 0.3 is 0 Å². The highest BCUT2D eigenvalue weighted by atomic mass is 32.2. The molecule has 0 radical (unpaired) electrons. The van der Waals surface area contributed by atoms with Gasteiger partial charge in [0.15, 0.2) is 0 Å². The average molecular weight is 511 g/mol. The van der Waals surface area contributed by atoms with Crippen molar-refractivity contribution >= 4 is 20.0 Å². The van der Waals surface area contributed by atoms with Crippen molar-refractivity contribution < 1.29 is 16.8 Å². The third kappa shape index (κ3) is 5.29. The van der Waals surface area contributed by atoms with Crippen molar-refractivity contribution in [1.29, 1.82) is 0 Å². The molecular formula is C27H30N2O4S2. The molecule has 1 aliphatic carbocycles. The molecule has 1 fully saturated rings. The normalized spacial score (nSPS) is 18.5. The minimum atomic E-state index is -3.77. The Hall–Kier alpha value is -2.70. The summed E-state index contributed by atoms with van der Waals surface area (Å²) in [6.45, 7) is 6.38. The molecule has 2 aromatic rings. The molecule has 0 unspecified atom stereocenters. The van der Waals surface area contributed by atoms with Crippen LogP contribution in [0.3, 0.4) is 0 Å². The Morgan fingerprint density at radius 2 is 1.54 bits per heavy atom. The van der Waals surface area contributed by atoms with Gasteiger partial charge in [-0.2, -0.15) is 8.61 Å². The standard InChI is InChI=1S/C27H30N2O4S2/c1-4-5-17-28(34(30,31)25-13-9-21(2)10-14-25)18-23-7-6-8-24-19-29(20-27(23)24)35(32,33)26-15-11-22(3)12-16-26/h6,8-16,24H,7,17-20H2,1-3H3/t24-/m1/s1. The molecule has 2 aromatic carbocycles. The highest BCUT2D eigenvalue weighted by Gasteiger charge is 2.38. The van der Waals surface area contributed by atoms with Crippen molar-refractivity contribution in [3.8, 4) is 11.8 Å². The molecular weight excluding hydrogens is 480 g/mol. The number of hydrogen-bond acceptors (Lipinski definition) is 4. The summed E-state index contributed by atoms with van der Waals surface area (Å²) in [6, 6.07) is 13.7. The first kappa shape index (κ1) is 25.4. The molecule has 35 heavy (non-hydrogen) atoms. The van der Waals surface area contributed by atoms with Crippen LogP contribution in [0.15, 0.2) is 81.6 Å². The minimum absolute atomic E-state index is 0.0554. The monoisotopic (exact) mass is 510 g/mol. The number of allylic oxidation sites excluding steroid dienone is 1. The van der Waals surface area contributed by atoms with Crippen LogP contribution < -0.4 is 0 Å². The van der Waals surface area contributed by atoms with Gasteiger partial charge in [0.05, 0.1) is 16.3 Å². The zero-order chi connectivity index (χ0) is 25.2. The predicted octanol–water partition coefficient (Wildman–Crippen LogP) is 3.89. The molecule has 1 aliphatic heterocycles. The van der Waals surface area contributed by atoms with Gasteiger partial charge in [0.1, 0.15) is 0 Å². The van der Waals surface area contributed by atoms with Crippen molar-refractivity contribution in [3.05, 3.63) is 83.0 Å². The lowest BCUT2D eigenvalue weighted by molar-refractivity contribution is 0.466. The maximum Gasteiger partial charge on any atom is 0.244 e. The molecule has 4 rings (SSSR count). The number of fused-ring (bicyclic) bond motifs is 1. The highest BCUT2D eigenvalue weighted by molar-refractivity contribution is 7.89. The van der Waals surface area contributed by atoms with Crippen LogP contribution in [0, 0.1) is 31.6 Å². The van der Waals surface area contributed by atoms with Crippen LogP contribution in [-0.4, -0.2) is 51.6 Å². The van der Waals surface area contributed by atoms with Crippen molar-refractivity contribution in [2.75, 3.05) is 26.2 Å². The fourth-order valence-electron chi connectivity index (χ4n) is 4.43. The van der Waals surface area contributed by atoms with E-state index in [0.29, 0.717) is 13.0 Å². The lowest BCUT2D eigenvalue weighted by Crippen LogP contribution is -2.34. The fourth-order valence-corrected chi connectivity index (χ4v) is 7.21. The first-order chi connectivity index (χ1) is 16.6. The molecule has 2 aliphatic rings. The van der Waals surface area contributed by atoms with Crippen molar-refractivity contribution in [2.45, 2.75) is 37.0 Å². The Morgan fingerprint density at radius 1 is 0.943 bits per heavy atom. The summed E-state index contributed by atoms with van der Waals surface area (Å²) < 4.78 is 56.4. The van der Waals surface area contributed by atoms with Gasteiger partial charge in [0.25, 0.3) is 0 Å². The van der Waals surface area contributed by atoms with E-state index in [9.17, 15) is 16.8 Å². The average Bonchev–Trinajstić information content (AvgIpc) is 3.28. The number of sulfonamides is 2. The SMILES string of the molecule is CC#CCN(CC1=C2CN(S(=O)(=O)c3ccc(C)cc3)C[C@H]2C=CC1)S(=O)(=O)c1ccc(C)cc1. The Balaban J connectivity index is 1.64. The zero-order valence-corrected chi connectivity index (χ0v) is 21.9. The van der Waals surface area contributed by atoms with Gasteiger partial charge in [-0.3, -0.25) is 0 Å². The van der Waals surface area contributed by atoms with Crippen LogP contribution >= 0.6 is 0 Å². The predicted molar refractivity (Wildman–Crippen MR) is 138 cm³/mol. The summed E-state index contributed by atoms with van der Waals surface area (Å²) in [5.74, 6) is 5.63. The van der Waals surface area contributed by atoms with E-state index < -0.39 is 20.0 Å². The van der Waals surface area contributed by atoms with E-state index in [-0.39, 0.29) is 35.3 Å². The smallest absolute Gasteiger partial charge is 0.207 e. The van der Waals surface area contributed by atoms with Crippen LogP contribution in [0.4, 0.5) is 0 Å². The summed E-state index contributed by atoms with van der Waals surface area (Å²) in [4.78, 5) is 0.499. The Bertz CT molecular complexity index is 1430. The van der Waals surface area contributed by atoms with Gasteiger partial charge in [-0.25, -0.2) is 16.8 Å². The maximum atomic E-state index is 13.5. The van der Waals surface area contributed by atoms with E-state index in [2.05, 4.69) is 11.8 Å². The molecule has 1 heterocycles. The van der Waals surface area contributed by atoms with E-state index in [1.807, 2.05) is 26.0 Å². The zero-order valence-electron chi connectivity index (χ0n) is 20.2. The second kappa shape index (κ2) is 10.1. The number of aryl methyl sites for hydroxylation is 2.